The first-order chi connectivity index (χ1) is 11.1. The molecule has 1 aromatic carbocycles. The van der Waals surface area contributed by atoms with Crippen molar-refractivity contribution in [3.63, 3.8) is 0 Å². The van der Waals surface area contributed by atoms with Gasteiger partial charge in [0, 0.05) is 5.41 Å². The van der Waals surface area contributed by atoms with E-state index in [4.69, 9.17) is 9.31 Å². The summed E-state index contributed by atoms with van der Waals surface area (Å²) in [6.45, 7) is 13.2. The van der Waals surface area contributed by atoms with E-state index in [1.54, 1.807) is 5.57 Å². The third-order valence-corrected chi connectivity index (χ3v) is 6.52. The summed E-state index contributed by atoms with van der Waals surface area (Å²) in [5, 5.41) is 0. The molecule has 0 spiro atoms. The second-order valence-electron chi connectivity index (χ2n) is 8.87. The lowest BCUT2D eigenvalue weighted by molar-refractivity contribution is 0.00578. The van der Waals surface area contributed by atoms with Gasteiger partial charge in [0.15, 0.2) is 0 Å². The van der Waals surface area contributed by atoms with Crippen LogP contribution in [0.3, 0.4) is 0 Å². The molecule has 2 aliphatic carbocycles. The maximum atomic E-state index is 6.28. The highest BCUT2D eigenvalue weighted by Gasteiger charge is 2.53. The standard InChI is InChI=1S/C21H27BO2/c1-19(2)17-10-8-7-9-15(17)16-13-14(11-12-18(16)19)22-23-20(3,4)21(5,6)24-22/h7-10,13H,11-12H2,1-6H3. The minimum absolute atomic E-state index is 0.129. The zero-order chi connectivity index (χ0) is 17.3. The number of hydrogen-bond donors (Lipinski definition) is 0. The molecule has 1 saturated heterocycles. The summed E-state index contributed by atoms with van der Waals surface area (Å²) in [5.74, 6) is 0. The Morgan fingerprint density at radius 2 is 1.50 bits per heavy atom. The van der Waals surface area contributed by atoms with Crippen molar-refractivity contribution in [3.05, 3.63) is 52.5 Å². The van der Waals surface area contributed by atoms with E-state index >= 15 is 0 Å². The highest BCUT2D eigenvalue weighted by molar-refractivity contribution is 6.55. The molecule has 0 radical (unpaired) electrons. The van der Waals surface area contributed by atoms with Crippen LogP contribution in [0, 0.1) is 0 Å². The smallest absolute Gasteiger partial charge is 0.400 e. The summed E-state index contributed by atoms with van der Waals surface area (Å²) < 4.78 is 12.6. The van der Waals surface area contributed by atoms with Crippen LogP contribution in [0.4, 0.5) is 0 Å². The van der Waals surface area contributed by atoms with Gasteiger partial charge in [-0.05, 0) is 62.7 Å². The molecule has 0 amide bonds. The Hall–Kier alpha value is -1.32. The molecule has 0 N–H and O–H groups in total. The lowest BCUT2D eigenvalue weighted by Gasteiger charge is -2.32. The van der Waals surface area contributed by atoms with Crippen LogP contribution < -0.4 is 0 Å². The maximum Gasteiger partial charge on any atom is 0.490 e. The molecule has 1 aromatic rings. The first kappa shape index (κ1) is 16.2. The summed E-state index contributed by atoms with van der Waals surface area (Å²) in [6, 6.07) is 8.82. The molecule has 24 heavy (non-hydrogen) atoms. The van der Waals surface area contributed by atoms with Crippen molar-refractivity contribution in [2.24, 2.45) is 0 Å². The van der Waals surface area contributed by atoms with Gasteiger partial charge in [-0.1, -0.05) is 49.8 Å². The molecule has 3 heteroatoms. The topological polar surface area (TPSA) is 18.5 Å². The quantitative estimate of drug-likeness (QED) is 0.671. The normalized spacial score (nSPS) is 26.2. The molecule has 2 nitrogen and oxygen atoms in total. The zero-order valence-electron chi connectivity index (χ0n) is 15.7. The van der Waals surface area contributed by atoms with E-state index in [0.29, 0.717) is 0 Å². The monoisotopic (exact) mass is 322 g/mol. The fraction of sp³-hybridized carbons (Fsp3) is 0.524. The Morgan fingerprint density at radius 1 is 0.875 bits per heavy atom. The summed E-state index contributed by atoms with van der Waals surface area (Å²) in [7, 11) is -0.222. The van der Waals surface area contributed by atoms with Crippen molar-refractivity contribution in [1.29, 1.82) is 0 Å². The van der Waals surface area contributed by atoms with Crippen LogP contribution in [0.1, 0.15) is 65.5 Å². The van der Waals surface area contributed by atoms with E-state index in [0.717, 1.165) is 12.8 Å². The Kier molecular flexibility index (Phi) is 3.28. The number of hydrogen-bond acceptors (Lipinski definition) is 2. The molecular formula is C21H27BO2. The fourth-order valence-electron chi connectivity index (χ4n) is 4.24. The van der Waals surface area contributed by atoms with Gasteiger partial charge in [0.2, 0.25) is 0 Å². The van der Waals surface area contributed by atoms with Crippen LogP contribution in [0.5, 0.6) is 0 Å². The molecule has 0 aromatic heterocycles. The average molecular weight is 322 g/mol. The van der Waals surface area contributed by atoms with Crippen LogP contribution in [0.15, 0.2) is 41.4 Å². The van der Waals surface area contributed by atoms with Crippen molar-refractivity contribution in [3.8, 4) is 0 Å². The molecule has 1 fully saturated rings. The number of fused-ring (bicyclic) bond motifs is 2. The molecule has 1 aliphatic heterocycles. The molecular weight excluding hydrogens is 295 g/mol. The summed E-state index contributed by atoms with van der Waals surface area (Å²) in [5.41, 5.74) is 6.63. The Balaban J connectivity index is 1.74. The van der Waals surface area contributed by atoms with Crippen LogP contribution in [-0.2, 0) is 14.7 Å². The fourth-order valence-corrected chi connectivity index (χ4v) is 4.24. The van der Waals surface area contributed by atoms with Crippen LogP contribution in [0.2, 0.25) is 0 Å². The van der Waals surface area contributed by atoms with Crippen LogP contribution in [-0.4, -0.2) is 18.3 Å². The summed E-state index contributed by atoms with van der Waals surface area (Å²) in [6.07, 6.45) is 4.45. The van der Waals surface area contributed by atoms with Gasteiger partial charge in [0.25, 0.3) is 0 Å². The summed E-state index contributed by atoms with van der Waals surface area (Å²) in [4.78, 5) is 0. The van der Waals surface area contributed by atoms with Crippen LogP contribution in [0.25, 0.3) is 5.57 Å². The van der Waals surface area contributed by atoms with Gasteiger partial charge in [-0.3, -0.25) is 0 Å². The SMILES string of the molecule is CC1(C)C2=C(C=C(B3OC(C)(C)C(C)(C)O3)CC2)c2ccccc21. The van der Waals surface area contributed by atoms with Crippen molar-refractivity contribution >= 4 is 12.7 Å². The van der Waals surface area contributed by atoms with Crippen molar-refractivity contribution in [2.75, 3.05) is 0 Å². The van der Waals surface area contributed by atoms with Gasteiger partial charge >= 0.3 is 7.12 Å². The van der Waals surface area contributed by atoms with Gasteiger partial charge in [0.05, 0.1) is 11.2 Å². The molecule has 0 bridgehead atoms. The zero-order valence-corrected chi connectivity index (χ0v) is 15.7. The molecule has 3 aliphatic rings. The van der Waals surface area contributed by atoms with Gasteiger partial charge < -0.3 is 9.31 Å². The molecule has 0 saturated carbocycles. The molecule has 0 atom stereocenters. The Morgan fingerprint density at radius 3 is 2.17 bits per heavy atom. The minimum atomic E-state index is -0.278. The number of benzene rings is 1. The Bertz CT molecular complexity index is 752. The second kappa shape index (κ2) is 4.86. The van der Waals surface area contributed by atoms with Crippen molar-refractivity contribution in [1.82, 2.24) is 0 Å². The average Bonchev–Trinajstić information content (AvgIpc) is 2.88. The molecule has 1 heterocycles. The first-order valence-electron chi connectivity index (χ1n) is 9.03. The maximum absolute atomic E-state index is 6.28. The van der Waals surface area contributed by atoms with Gasteiger partial charge in [0.1, 0.15) is 0 Å². The summed E-state index contributed by atoms with van der Waals surface area (Å²) >= 11 is 0. The van der Waals surface area contributed by atoms with E-state index < -0.39 is 0 Å². The largest absolute Gasteiger partial charge is 0.490 e. The number of allylic oxidation sites excluding steroid dienone is 4. The van der Waals surface area contributed by atoms with Crippen molar-refractivity contribution in [2.45, 2.75) is 71.0 Å². The van der Waals surface area contributed by atoms with E-state index in [-0.39, 0.29) is 23.7 Å². The van der Waals surface area contributed by atoms with Gasteiger partial charge in [-0.2, -0.15) is 0 Å². The third kappa shape index (κ3) is 2.11. The lowest BCUT2D eigenvalue weighted by atomic mass is 9.69. The van der Waals surface area contributed by atoms with E-state index in [2.05, 4.69) is 71.9 Å². The highest BCUT2D eigenvalue weighted by Crippen LogP contribution is 2.51. The lowest BCUT2D eigenvalue weighted by Crippen LogP contribution is -2.41. The highest BCUT2D eigenvalue weighted by atomic mass is 16.7. The van der Waals surface area contributed by atoms with Crippen molar-refractivity contribution < 1.29 is 9.31 Å². The predicted octanol–water partition coefficient (Wildman–Crippen LogP) is 5.08. The first-order valence-corrected chi connectivity index (χ1v) is 9.03. The third-order valence-electron chi connectivity index (χ3n) is 6.52. The van der Waals surface area contributed by atoms with E-state index in [1.807, 2.05) is 0 Å². The minimum Gasteiger partial charge on any atom is -0.400 e. The van der Waals surface area contributed by atoms with E-state index in [9.17, 15) is 0 Å². The Labute approximate surface area is 146 Å². The van der Waals surface area contributed by atoms with E-state index in [1.165, 1.54) is 22.2 Å². The number of rotatable bonds is 1. The molecule has 0 unspecified atom stereocenters. The molecule has 126 valence electrons. The molecule has 4 rings (SSSR count). The van der Waals surface area contributed by atoms with Gasteiger partial charge in [-0.15, -0.1) is 0 Å². The second-order valence-corrected chi connectivity index (χ2v) is 8.87. The van der Waals surface area contributed by atoms with Crippen LogP contribution >= 0.6 is 0 Å². The van der Waals surface area contributed by atoms with Gasteiger partial charge in [-0.25, -0.2) is 0 Å². The predicted molar refractivity (Wildman–Crippen MR) is 99.8 cm³/mol.